The van der Waals surface area contributed by atoms with Crippen LogP contribution in [-0.2, 0) is 18.3 Å². The third-order valence-corrected chi connectivity index (χ3v) is 7.89. The van der Waals surface area contributed by atoms with Gasteiger partial charge in [0.15, 0.2) is 8.86 Å². The van der Waals surface area contributed by atoms with E-state index in [1.165, 1.54) is 0 Å². The molecule has 1 aromatic rings. The molecule has 0 saturated heterocycles. The van der Waals surface area contributed by atoms with Gasteiger partial charge in [-0.2, -0.15) is 0 Å². The lowest BCUT2D eigenvalue weighted by Crippen LogP contribution is -2.34. The molecule has 1 unspecified atom stereocenters. The van der Waals surface area contributed by atoms with E-state index in [0.29, 0.717) is 5.69 Å². The van der Waals surface area contributed by atoms with Crippen molar-refractivity contribution in [3.63, 3.8) is 0 Å². The zero-order valence-electron chi connectivity index (χ0n) is 9.27. The number of nitrogens with one attached hydrogen (secondary N) is 1. The first-order valence-electron chi connectivity index (χ1n) is 4.56. The van der Waals surface area contributed by atoms with Gasteiger partial charge in [0.05, 0.1) is 0 Å². The number of benzene rings is 1. The van der Waals surface area contributed by atoms with Crippen LogP contribution in [0.3, 0.4) is 0 Å². The van der Waals surface area contributed by atoms with Gasteiger partial charge in [-0.15, -0.1) is 13.9 Å². The molecule has 98 valence electrons. The van der Waals surface area contributed by atoms with E-state index in [4.69, 9.17) is 23.2 Å². The average Bonchev–Trinajstić information content (AvgIpc) is 2.28. The summed E-state index contributed by atoms with van der Waals surface area (Å²) in [6.45, 7) is 0. The van der Waals surface area contributed by atoms with Crippen molar-refractivity contribution in [3.05, 3.63) is 30.3 Å². The topological polar surface area (TPSA) is 32.3 Å². The Morgan fingerprint density at radius 2 is 1.88 bits per heavy atom. The maximum atomic E-state index is 13.7. The smallest absolute Gasteiger partial charge is 0.202 e. The minimum atomic E-state index is -3.16. The Bertz CT molecular complexity index is 485. The van der Waals surface area contributed by atoms with E-state index in [2.05, 4.69) is 4.72 Å². The number of halogens is 3. The van der Waals surface area contributed by atoms with Crippen LogP contribution in [0.25, 0.3) is 0 Å². The summed E-state index contributed by atoms with van der Waals surface area (Å²) in [6, 6.07) is 8.71. The van der Waals surface area contributed by atoms with Crippen molar-refractivity contribution in [2.75, 3.05) is 17.2 Å². The third-order valence-electron chi connectivity index (χ3n) is 1.86. The lowest BCUT2D eigenvalue weighted by atomic mass is 10.3. The highest BCUT2D eigenvalue weighted by molar-refractivity contribution is 8.46. The van der Waals surface area contributed by atoms with Gasteiger partial charge in [-0.25, -0.2) is 4.21 Å². The molecular weight excluding hydrogens is 306 g/mol. The van der Waals surface area contributed by atoms with Gasteiger partial charge >= 0.3 is 0 Å². The molecule has 0 saturated carbocycles. The molecule has 0 amide bonds. The van der Waals surface area contributed by atoms with Crippen molar-refractivity contribution in [1.29, 1.82) is 0 Å². The van der Waals surface area contributed by atoms with Crippen LogP contribution < -0.4 is 4.72 Å². The summed E-state index contributed by atoms with van der Waals surface area (Å²) in [5.41, 5.74) is 0.551. The van der Waals surface area contributed by atoms with Crippen molar-refractivity contribution < 1.29 is 8.69 Å². The van der Waals surface area contributed by atoms with Gasteiger partial charge in [0.2, 0.25) is 4.96 Å². The number of alkyl halides is 2. The molecule has 3 nitrogen and oxygen atoms in total. The van der Waals surface area contributed by atoms with Crippen LogP contribution in [0, 0.1) is 0 Å². The summed E-state index contributed by atoms with van der Waals surface area (Å²) in [5.74, 6) is 0. The van der Waals surface area contributed by atoms with Crippen LogP contribution in [0.5, 0.6) is 0 Å². The van der Waals surface area contributed by atoms with Crippen LogP contribution >= 0.6 is 23.2 Å². The van der Waals surface area contributed by atoms with E-state index in [1.807, 2.05) is 6.07 Å². The highest BCUT2D eigenvalue weighted by atomic mass is 35.5. The predicted octanol–water partition coefficient (Wildman–Crippen LogP) is 2.95. The lowest BCUT2D eigenvalue weighted by Gasteiger charge is -2.22. The Kier molecular flexibility index (Phi) is 5.53. The molecule has 0 aliphatic rings. The van der Waals surface area contributed by atoms with Crippen LogP contribution in [-0.4, -0.2) is 26.2 Å². The molecule has 0 aliphatic heterocycles. The van der Waals surface area contributed by atoms with Crippen molar-refractivity contribution in [1.82, 2.24) is 4.53 Å². The minimum absolute atomic E-state index is 0.0355. The van der Waals surface area contributed by atoms with Crippen LogP contribution in [0.4, 0.5) is 10.2 Å². The fourth-order valence-electron chi connectivity index (χ4n) is 1.03. The van der Waals surface area contributed by atoms with Gasteiger partial charge in [0.1, 0.15) is 0 Å². The second kappa shape index (κ2) is 6.24. The van der Waals surface area contributed by atoms with E-state index >= 15 is 0 Å². The van der Waals surface area contributed by atoms with E-state index in [9.17, 15) is 8.69 Å². The third kappa shape index (κ3) is 3.72. The van der Waals surface area contributed by atoms with Gasteiger partial charge in [-0.1, -0.05) is 41.4 Å². The maximum absolute atomic E-state index is 13.7. The Morgan fingerprint density at radius 3 is 2.29 bits per heavy atom. The van der Waals surface area contributed by atoms with Crippen LogP contribution in [0.1, 0.15) is 0 Å². The first-order chi connectivity index (χ1) is 7.88. The summed E-state index contributed by atoms with van der Waals surface area (Å²) >= 11 is 10.8. The highest BCUT2D eigenvalue weighted by Gasteiger charge is 2.25. The number of para-hydroxylation sites is 1. The molecule has 0 radical (unpaired) electrons. The van der Waals surface area contributed by atoms with Crippen molar-refractivity contribution in [2.45, 2.75) is 4.96 Å². The standard InChI is InChI=1S/C9H13Cl2FN2OS2/c1-16(2)17(15,14(12)9(10)11)13-8-6-4-3-5-7-8/h3-7,9H,1-2H3,(H,13,15). The molecule has 0 heterocycles. The molecule has 0 bridgehead atoms. The fourth-order valence-corrected chi connectivity index (χ4v) is 5.07. The molecule has 1 aromatic carbocycles. The Labute approximate surface area is 113 Å². The molecule has 1 N–H and O–H groups in total. The summed E-state index contributed by atoms with van der Waals surface area (Å²) in [5, 5.41) is 0. The average molecular weight is 319 g/mol. The molecule has 1 rings (SSSR count). The van der Waals surface area contributed by atoms with Crippen molar-refractivity contribution in [3.8, 4) is 0 Å². The minimum Gasteiger partial charge on any atom is -0.295 e. The van der Waals surface area contributed by atoms with Gasteiger partial charge in [-0.3, -0.25) is 4.72 Å². The number of hydrogen-bond acceptors (Lipinski definition) is 1. The molecular formula is C9H13Cl2FN2OS2. The number of rotatable bonds is 4. The monoisotopic (exact) mass is 318 g/mol. The number of hydrogen-bond donors (Lipinski definition) is 1. The maximum Gasteiger partial charge on any atom is 0.202 e. The molecule has 0 fully saturated rings. The predicted molar refractivity (Wildman–Crippen MR) is 75.9 cm³/mol. The van der Waals surface area contributed by atoms with E-state index in [-0.39, 0.29) is 4.53 Å². The first-order valence-corrected chi connectivity index (χ1v) is 9.51. The summed E-state index contributed by atoms with van der Waals surface area (Å²) in [6.07, 6.45) is 3.31. The summed E-state index contributed by atoms with van der Waals surface area (Å²) < 4.78 is 28.9. The van der Waals surface area contributed by atoms with Crippen LogP contribution in [0.2, 0.25) is 0 Å². The van der Waals surface area contributed by atoms with Gasteiger partial charge in [-0.05, 0) is 29.2 Å². The lowest BCUT2D eigenvalue weighted by molar-refractivity contribution is 0.163. The molecule has 0 spiro atoms. The molecule has 0 aliphatic carbocycles. The largest absolute Gasteiger partial charge is 0.295 e. The van der Waals surface area contributed by atoms with E-state index in [1.54, 1.807) is 36.8 Å². The van der Waals surface area contributed by atoms with Crippen molar-refractivity contribution >= 4 is 47.2 Å². The SMILES string of the molecule is CS(C)=S(=O)(Nc1ccccc1)N(F)C(Cl)Cl. The van der Waals surface area contributed by atoms with Gasteiger partial charge in [0.25, 0.3) is 0 Å². The number of nitrogens with zero attached hydrogens (tertiary/aromatic N) is 1. The first kappa shape index (κ1) is 15.0. The molecule has 17 heavy (non-hydrogen) atoms. The fraction of sp³-hybridized carbons (Fsp3) is 0.333. The molecule has 1 atom stereocenters. The van der Waals surface area contributed by atoms with Gasteiger partial charge in [0, 0.05) is 5.69 Å². The Balaban J connectivity index is 3.13. The summed E-state index contributed by atoms with van der Waals surface area (Å²) in [7, 11) is -3.93. The van der Waals surface area contributed by atoms with E-state index < -0.39 is 23.3 Å². The van der Waals surface area contributed by atoms with Crippen molar-refractivity contribution in [2.24, 2.45) is 0 Å². The summed E-state index contributed by atoms with van der Waals surface area (Å²) in [4.78, 5) is -1.48. The second-order valence-corrected chi connectivity index (χ2v) is 10.6. The zero-order chi connectivity index (χ0) is 13.1. The Hall–Kier alpha value is -0.0100. The quantitative estimate of drug-likeness (QED) is 0.516. The number of anilines is 1. The molecule has 0 aromatic heterocycles. The van der Waals surface area contributed by atoms with E-state index in [0.717, 1.165) is 0 Å². The van der Waals surface area contributed by atoms with Gasteiger partial charge < -0.3 is 0 Å². The second-order valence-electron chi connectivity index (χ2n) is 3.23. The highest BCUT2D eigenvalue weighted by Crippen LogP contribution is 2.20. The normalized spacial score (nSPS) is 15.3. The molecule has 8 heteroatoms. The zero-order valence-corrected chi connectivity index (χ0v) is 12.4. The van der Waals surface area contributed by atoms with Crippen LogP contribution in [0.15, 0.2) is 30.3 Å². The Morgan fingerprint density at radius 1 is 1.35 bits per heavy atom.